The van der Waals surface area contributed by atoms with Crippen LogP contribution in [0.4, 0.5) is 0 Å². The molecule has 0 fully saturated rings. The molecule has 5 heteroatoms. The van der Waals surface area contributed by atoms with Crippen molar-refractivity contribution in [1.29, 1.82) is 0 Å². The lowest BCUT2D eigenvalue weighted by Gasteiger charge is -2.01. The Labute approximate surface area is 75.7 Å². The number of rotatable bonds is 2. The Morgan fingerprint density at radius 3 is 2.82 bits per heavy atom. The third-order valence-electron chi connectivity index (χ3n) is 1.21. The average molecular weight is 195 g/mol. The van der Waals surface area contributed by atoms with E-state index in [9.17, 15) is 0 Å². The van der Waals surface area contributed by atoms with Gasteiger partial charge in [0.15, 0.2) is 0 Å². The van der Waals surface area contributed by atoms with E-state index < -0.39 is 0 Å². The molecule has 0 saturated carbocycles. The predicted octanol–water partition coefficient (Wildman–Crippen LogP) is 0.865. The summed E-state index contributed by atoms with van der Waals surface area (Å²) in [6.07, 6.45) is 0. The quantitative estimate of drug-likeness (QED) is 0.735. The zero-order valence-electron chi connectivity index (χ0n) is 6.15. The van der Waals surface area contributed by atoms with Gasteiger partial charge in [-0.25, -0.2) is 4.98 Å². The smallest absolute Gasteiger partial charge is 0.0898 e. The standard InChI is InChI=1S/C6H10N2OS.ClH/c1-4-8-6(3-10-4)5(7)2-9;/h3,5,9H,2,7H2,1H3;1H/t5-;/m1./s1. The van der Waals surface area contributed by atoms with E-state index in [1.807, 2.05) is 12.3 Å². The number of aromatic nitrogens is 1. The Bertz CT molecular complexity index is 216. The van der Waals surface area contributed by atoms with Crippen molar-refractivity contribution < 1.29 is 5.11 Å². The maximum absolute atomic E-state index is 8.64. The molecule has 0 amide bonds. The third-order valence-corrected chi connectivity index (χ3v) is 2.01. The molecule has 0 aliphatic rings. The Kier molecular flexibility index (Phi) is 4.60. The molecule has 1 aromatic heterocycles. The number of aliphatic hydroxyl groups excluding tert-OH is 1. The Balaban J connectivity index is 0.000001000. The van der Waals surface area contributed by atoms with Crippen molar-refractivity contribution >= 4 is 23.7 Å². The summed E-state index contributed by atoms with van der Waals surface area (Å²) in [7, 11) is 0. The van der Waals surface area contributed by atoms with E-state index in [1.54, 1.807) is 11.3 Å². The second-order valence-electron chi connectivity index (χ2n) is 2.08. The van der Waals surface area contributed by atoms with Gasteiger partial charge in [-0.05, 0) is 6.92 Å². The Morgan fingerprint density at radius 2 is 2.45 bits per heavy atom. The minimum Gasteiger partial charge on any atom is -0.394 e. The molecule has 0 unspecified atom stereocenters. The molecular formula is C6H11ClN2OS. The van der Waals surface area contributed by atoms with E-state index in [1.165, 1.54) is 0 Å². The highest BCUT2D eigenvalue weighted by Crippen LogP contribution is 2.13. The predicted molar refractivity (Wildman–Crippen MR) is 48.1 cm³/mol. The minimum atomic E-state index is -0.315. The number of nitrogens with zero attached hydrogens (tertiary/aromatic N) is 1. The second-order valence-corrected chi connectivity index (χ2v) is 3.14. The van der Waals surface area contributed by atoms with Gasteiger partial charge in [-0.3, -0.25) is 0 Å². The highest BCUT2D eigenvalue weighted by atomic mass is 35.5. The van der Waals surface area contributed by atoms with E-state index >= 15 is 0 Å². The van der Waals surface area contributed by atoms with Gasteiger partial charge < -0.3 is 10.8 Å². The van der Waals surface area contributed by atoms with Crippen LogP contribution < -0.4 is 5.73 Å². The molecule has 1 heterocycles. The molecule has 1 rings (SSSR count). The maximum Gasteiger partial charge on any atom is 0.0898 e. The van der Waals surface area contributed by atoms with Crippen molar-refractivity contribution in [2.45, 2.75) is 13.0 Å². The van der Waals surface area contributed by atoms with Crippen LogP contribution >= 0.6 is 23.7 Å². The van der Waals surface area contributed by atoms with Gasteiger partial charge in [0, 0.05) is 5.38 Å². The van der Waals surface area contributed by atoms with E-state index in [0.29, 0.717) is 0 Å². The Hall–Kier alpha value is -0.160. The Morgan fingerprint density at radius 1 is 1.82 bits per heavy atom. The van der Waals surface area contributed by atoms with Crippen LogP contribution in [-0.4, -0.2) is 16.7 Å². The van der Waals surface area contributed by atoms with Crippen molar-refractivity contribution in [1.82, 2.24) is 4.98 Å². The number of aliphatic hydroxyl groups is 1. The monoisotopic (exact) mass is 194 g/mol. The highest BCUT2D eigenvalue weighted by Gasteiger charge is 2.06. The molecule has 0 spiro atoms. The maximum atomic E-state index is 8.64. The van der Waals surface area contributed by atoms with E-state index in [0.717, 1.165) is 10.7 Å². The first kappa shape index (κ1) is 10.8. The van der Waals surface area contributed by atoms with Crippen molar-refractivity contribution in [3.8, 4) is 0 Å². The fourth-order valence-electron chi connectivity index (χ4n) is 0.644. The van der Waals surface area contributed by atoms with Gasteiger partial charge >= 0.3 is 0 Å². The molecule has 1 atom stereocenters. The average Bonchev–Trinajstić information content (AvgIpc) is 2.34. The molecule has 64 valence electrons. The molecule has 1 aromatic rings. The normalized spacial score (nSPS) is 12.3. The number of thiazole rings is 1. The van der Waals surface area contributed by atoms with Gasteiger partial charge in [-0.2, -0.15) is 0 Å². The fraction of sp³-hybridized carbons (Fsp3) is 0.500. The van der Waals surface area contributed by atoms with Crippen molar-refractivity contribution in [2.75, 3.05) is 6.61 Å². The van der Waals surface area contributed by atoms with Crippen LogP contribution in [0.25, 0.3) is 0 Å². The molecular weight excluding hydrogens is 184 g/mol. The van der Waals surface area contributed by atoms with Gasteiger partial charge in [0.25, 0.3) is 0 Å². The number of hydrogen-bond acceptors (Lipinski definition) is 4. The number of nitrogens with two attached hydrogens (primary N) is 1. The summed E-state index contributed by atoms with van der Waals surface area (Å²) < 4.78 is 0. The molecule has 3 nitrogen and oxygen atoms in total. The molecule has 0 aromatic carbocycles. The van der Waals surface area contributed by atoms with Crippen LogP contribution in [0.5, 0.6) is 0 Å². The lowest BCUT2D eigenvalue weighted by molar-refractivity contribution is 0.266. The van der Waals surface area contributed by atoms with Crippen molar-refractivity contribution in [2.24, 2.45) is 5.73 Å². The van der Waals surface area contributed by atoms with Crippen LogP contribution in [0.1, 0.15) is 16.7 Å². The highest BCUT2D eigenvalue weighted by molar-refractivity contribution is 7.09. The largest absolute Gasteiger partial charge is 0.394 e. The topological polar surface area (TPSA) is 59.1 Å². The van der Waals surface area contributed by atoms with Gasteiger partial charge in [-0.1, -0.05) is 0 Å². The summed E-state index contributed by atoms with van der Waals surface area (Å²) in [6.45, 7) is 1.88. The molecule has 0 bridgehead atoms. The zero-order chi connectivity index (χ0) is 7.56. The van der Waals surface area contributed by atoms with E-state index in [-0.39, 0.29) is 25.1 Å². The van der Waals surface area contributed by atoms with Gasteiger partial charge in [0.05, 0.1) is 23.4 Å². The van der Waals surface area contributed by atoms with Crippen molar-refractivity contribution in [3.63, 3.8) is 0 Å². The zero-order valence-corrected chi connectivity index (χ0v) is 7.78. The first-order chi connectivity index (χ1) is 4.74. The number of hydrogen-bond donors (Lipinski definition) is 2. The molecule has 0 aliphatic heterocycles. The van der Waals surface area contributed by atoms with Crippen LogP contribution in [0.3, 0.4) is 0 Å². The number of aryl methyl sites for hydroxylation is 1. The van der Waals surface area contributed by atoms with Crippen LogP contribution in [-0.2, 0) is 0 Å². The molecule has 11 heavy (non-hydrogen) atoms. The first-order valence-electron chi connectivity index (χ1n) is 3.02. The summed E-state index contributed by atoms with van der Waals surface area (Å²) in [5.41, 5.74) is 6.28. The van der Waals surface area contributed by atoms with Gasteiger partial charge in [0.1, 0.15) is 0 Å². The summed E-state index contributed by atoms with van der Waals surface area (Å²) in [6, 6.07) is -0.315. The summed E-state index contributed by atoms with van der Waals surface area (Å²) >= 11 is 1.55. The molecule has 3 N–H and O–H groups in total. The molecule has 0 aliphatic carbocycles. The lowest BCUT2D eigenvalue weighted by Crippen LogP contribution is -2.14. The fourth-order valence-corrected chi connectivity index (χ4v) is 1.32. The lowest BCUT2D eigenvalue weighted by atomic mass is 10.3. The SMILES string of the molecule is Cc1nc([C@H](N)CO)cs1.Cl. The molecule has 0 saturated heterocycles. The summed E-state index contributed by atoms with van der Waals surface area (Å²) in [4.78, 5) is 4.11. The van der Waals surface area contributed by atoms with Crippen LogP contribution in [0.2, 0.25) is 0 Å². The minimum absolute atomic E-state index is 0. The van der Waals surface area contributed by atoms with Gasteiger partial charge in [-0.15, -0.1) is 23.7 Å². The van der Waals surface area contributed by atoms with E-state index in [4.69, 9.17) is 10.8 Å². The van der Waals surface area contributed by atoms with Crippen LogP contribution in [0, 0.1) is 6.92 Å². The molecule has 0 radical (unpaired) electrons. The third kappa shape index (κ3) is 2.75. The summed E-state index contributed by atoms with van der Waals surface area (Å²) in [5.74, 6) is 0. The first-order valence-corrected chi connectivity index (χ1v) is 3.90. The number of halogens is 1. The van der Waals surface area contributed by atoms with E-state index in [2.05, 4.69) is 4.98 Å². The van der Waals surface area contributed by atoms with Crippen LogP contribution in [0.15, 0.2) is 5.38 Å². The summed E-state index contributed by atoms with van der Waals surface area (Å²) in [5, 5.41) is 11.5. The van der Waals surface area contributed by atoms with Crippen molar-refractivity contribution in [3.05, 3.63) is 16.1 Å². The van der Waals surface area contributed by atoms with Gasteiger partial charge in [0.2, 0.25) is 0 Å². The second kappa shape index (κ2) is 4.66.